The lowest BCUT2D eigenvalue weighted by Gasteiger charge is -2.24. The number of hydrogen-bond donors (Lipinski definition) is 0. The van der Waals surface area contributed by atoms with Crippen molar-refractivity contribution in [3.63, 3.8) is 0 Å². The molecule has 2 heterocycles. The fourth-order valence-electron chi connectivity index (χ4n) is 3.15. The highest BCUT2D eigenvalue weighted by Crippen LogP contribution is 2.32. The molecular formula is C19H21FN2O. The molecule has 1 aliphatic heterocycles. The van der Waals surface area contributed by atoms with Gasteiger partial charge in [-0.2, -0.15) is 4.39 Å². The second-order valence-electron chi connectivity index (χ2n) is 6.13. The third-order valence-corrected chi connectivity index (χ3v) is 4.61. The van der Waals surface area contributed by atoms with E-state index in [9.17, 15) is 4.39 Å². The van der Waals surface area contributed by atoms with Gasteiger partial charge in [0.15, 0.2) is 5.90 Å². The van der Waals surface area contributed by atoms with E-state index < -0.39 is 5.95 Å². The molecule has 1 aliphatic rings. The molecule has 0 radical (unpaired) electrons. The summed E-state index contributed by atoms with van der Waals surface area (Å²) in [6, 6.07) is 9.48. The third kappa shape index (κ3) is 3.11. The van der Waals surface area contributed by atoms with Crippen LogP contribution in [-0.4, -0.2) is 23.0 Å². The third-order valence-electron chi connectivity index (χ3n) is 4.61. The monoisotopic (exact) mass is 312 g/mol. The summed E-state index contributed by atoms with van der Waals surface area (Å²) in [7, 11) is 0. The van der Waals surface area contributed by atoms with E-state index in [1.54, 1.807) is 0 Å². The fraction of sp³-hybridized carbons (Fsp3) is 0.368. The van der Waals surface area contributed by atoms with Crippen molar-refractivity contribution in [2.24, 2.45) is 4.99 Å². The first kappa shape index (κ1) is 15.7. The minimum Gasteiger partial charge on any atom is -0.479 e. The molecule has 0 N–H and O–H groups in total. The zero-order chi connectivity index (χ0) is 16.4. The molecule has 0 spiro atoms. The summed E-state index contributed by atoms with van der Waals surface area (Å²) in [5.41, 5.74) is 4.09. The highest BCUT2D eigenvalue weighted by atomic mass is 19.1. The Morgan fingerprint density at radius 3 is 2.74 bits per heavy atom. The van der Waals surface area contributed by atoms with Crippen LogP contribution in [0.3, 0.4) is 0 Å². The highest BCUT2D eigenvalue weighted by Gasteiger charge is 2.34. The lowest BCUT2D eigenvalue weighted by Crippen LogP contribution is -2.30. The molecule has 1 aromatic carbocycles. The van der Waals surface area contributed by atoms with Gasteiger partial charge in [-0.05, 0) is 41.7 Å². The van der Waals surface area contributed by atoms with E-state index in [4.69, 9.17) is 9.73 Å². The van der Waals surface area contributed by atoms with Gasteiger partial charge in [-0.15, -0.1) is 0 Å². The standard InChI is InChI=1S/C19H21FN2O/c1-4-19(12-23-14(3)22-19)11-16-6-5-7-17(13(16)2)15-8-9-21-18(20)10-15/h5-10H,4,11-12H2,1-3H3/t19-/m0/s1. The summed E-state index contributed by atoms with van der Waals surface area (Å²) in [5, 5.41) is 0. The van der Waals surface area contributed by atoms with Crippen LogP contribution in [0, 0.1) is 12.9 Å². The van der Waals surface area contributed by atoms with Gasteiger partial charge in [0, 0.05) is 25.6 Å². The van der Waals surface area contributed by atoms with Crippen LogP contribution in [0.15, 0.2) is 41.5 Å². The summed E-state index contributed by atoms with van der Waals surface area (Å²) in [5.74, 6) is 0.304. The Balaban J connectivity index is 1.97. The second kappa shape index (κ2) is 6.11. The SMILES string of the molecule is CC[C@]1(Cc2cccc(-c3ccnc(F)c3)c2C)COC(C)=N1. The van der Waals surface area contributed by atoms with Gasteiger partial charge in [-0.1, -0.05) is 25.1 Å². The number of hydrogen-bond acceptors (Lipinski definition) is 3. The number of ether oxygens (including phenoxy) is 1. The van der Waals surface area contributed by atoms with Crippen LogP contribution >= 0.6 is 0 Å². The van der Waals surface area contributed by atoms with Crippen molar-refractivity contribution in [1.29, 1.82) is 0 Å². The summed E-state index contributed by atoms with van der Waals surface area (Å²) < 4.78 is 19.0. The van der Waals surface area contributed by atoms with Crippen LogP contribution < -0.4 is 0 Å². The van der Waals surface area contributed by atoms with Crippen molar-refractivity contribution in [1.82, 2.24) is 4.98 Å². The fourth-order valence-corrected chi connectivity index (χ4v) is 3.15. The topological polar surface area (TPSA) is 34.5 Å². The molecule has 0 unspecified atom stereocenters. The molecule has 120 valence electrons. The Morgan fingerprint density at radius 2 is 2.09 bits per heavy atom. The number of nitrogens with zero attached hydrogens (tertiary/aromatic N) is 2. The Hall–Kier alpha value is -2.23. The van der Waals surface area contributed by atoms with Gasteiger partial charge < -0.3 is 4.74 Å². The van der Waals surface area contributed by atoms with Crippen molar-refractivity contribution in [2.75, 3.05) is 6.61 Å². The number of aliphatic imine (C=N–C) groups is 1. The lowest BCUT2D eigenvalue weighted by atomic mass is 9.86. The smallest absolute Gasteiger partial charge is 0.213 e. The zero-order valence-corrected chi connectivity index (χ0v) is 13.8. The average molecular weight is 312 g/mol. The molecule has 4 heteroatoms. The number of rotatable bonds is 4. The predicted molar refractivity (Wildman–Crippen MR) is 90.2 cm³/mol. The molecule has 0 amide bonds. The minimum absolute atomic E-state index is 0.184. The van der Waals surface area contributed by atoms with Crippen LogP contribution in [0.5, 0.6) is 0 Å². The molecule has 0 fully saturated rings. The minimum atomic E-state index is -0.457. The molecule has 0 saturated heterocycles. The lowest BCUT2D eigenvalue weighted by molar-refractivity contribution is 0.246. The van der Waals surface area contributed by atoms with Crippen LogP contribution in [0.25, 0.3) is 11.1 Å². The Morgan fingerprint density at radius 1 is 1.26 bits per heavy atom. The maximum atomic E-state index is 13.4. The molecular weight excluding hydrogens is 291 g/mol. The van der Waals surface area contributed by atoms with E-state index in [0.29, 0.717) is 6.61 Å². The molecule has 0 bridgehead atoms. The van der Waals surface area contributed by atoms with Gasteiger partial charge in [-0.3, -0.25) is 0 Å². The average Bonchev–Trinajstić information content (AvgIpc) is 2.91. The first-order chi connectivity index (χ1) is 11.0. The highest BCUT2D eigenvalue weighted by molar-refractivity contribution is 5.75. The van der Waals surface area contributed by atoms with Crippen LogP contribution in [0.1, 0.15) is 31.4 Å². The molecule has 0 aliphatic carbocycles. The van der Waals surface area contributed by atoms with Gasteiger partial charge in [0.2, 0.25) is 5.95 Å². The van der Waals surface area contributed by atoms with Gasteiger partial charge in [0.1, 0.15) is 12.1 Å². The van der Waals surface area contributed by atoms with Crippen molar-refractivity contribution >= 4 is 5.90 Å². The molecule has 1 atom stereocenters. The molecule has 1 aromatic heterocycles. The van der Waals surface area contributed by atoms with Gasteiger partial charge in [-0.25, -0.2) is 9.98 Å². The van der Waals surface area contributed by atoms with E-state index in [-0.39, 0.29) is 5.54 Å². The normalized spacial score (nSPS) is 20.3. The van der Waals surface area contributed by atoms with E-state index in [0.717, 1.165) is 35.4 Å². The van der Waals surface area contributed by atoms with Crippen LogP contribution in [0.2, 0.25) is 0 Å². The summed E-state index contributed by atoms with van der Waals surface area (Å²) in [6.45, 7) is 6.75. The quantitative estimate of drug-likeness (QED) is 0.787. The number of halogens is 1. The van der Waals surface area contributed by atoms with E-state index in [1.807, 2.05) is 25.1 Å². The maximum absolute atomic E-state index is 13.4. The predicted octanol–water partition coefficient (Wildman–Crippen LogP) is 4.34. The first-order valence-corrected chi connectivity index (χ1v) is 7.93. The van der Waals surface area contributed by atoms with E-state index >= 15 is 0 Å². The molecule has 23 heavy (non-hydrogen) atoms. The summed E-state index contributed by atoms with van der Waals surface area (Å²) in [4.78, 5) is 8.35. The molecule has 3 nitrogen and oxygen atoms in total. The Labute approximate surface area is 136 Å². The second-order valence-corrected chi connectivity index (χ2v) is 6.13. The largest absolute Gasteiger partial charge is 0.479 e. The van der Waals surface area contributed by atoms with Crippen LogP contribution in [-0.2, 0) is 11.2 Å². The first-order valence-electron chi connectivity index (χ1n) is 7.93. The molecule has 0 saturated carbocycles. The van der Waals surface area contributed by atoms with Gasteiger partial charge in [0.05, 0.1) is 0 Å². The van der Waals surface area contributed by atoms with Crippen molar-refractivity contribution in [3.05, 3.63) is 53.6 Å². The zero-order valence-electron chi connectivity index (χ0n) is 13.8. The molecule has 2 aromatic rings. The summed E-state index contributed by atoms with van der Waals surface area (Å²) >= 11 is 0. The number of aromatic nitrogens is 1. The number of pyridine rings is 1. The van der Waals surface area contributed by atoms with E-state index in [2.05, 4.69) is 24.9 Å². The number of benzene rings is 1. The Bertz CT molecular complexity index is 757. The van der Waals surface area contributed by atoms with Crippen molar-refractivity contribution in [2.45, 2.75) is 39.2 Å². The van der Waals surface area contributed by atoms with Gasteiger partial charge >= 0.3 is 0 Å². The van der Waals surface area contributed by atoms with E-state index in [1.165, 1.54) is 17.8 Å². The molecule has 3 rings (SSSR count). The van der Waals surface area contributed by atoms with Crippen LogP contribution in [0.4, 0.5) is 4.39 Å². The van der Waals surface area contributed by atoms with Crippen molar-refractivity contribution in [3.8, 4) is 11.1 Å². The Kier molecular flexibility index (Phi) is 4.16. The summed E-state index contributed by atoms with van der Waals surface area (Å²) in [6.07, 6.45) is 3.26. The van der Waals surface area contributed by atoms with Crippen molar-refractivity contribution < 1.29 is 9.13 Å². The maximum Gasteiger partial charge on any atom is 0.213 e. The van der Waals surface area contributed by atoms with Gasteiger partial charge in [0.25, 0.3) is 0 Å².